The Morgan fingerprint density at radius 3 is 2.46 bits per heavy atom. The van der Waals surface area contributed by atoms with Gasteiger partial charge in [0.25, 0.3) is 0 Å². The van der Waals surface area contributed by atoms with Gasteiger partial charge in [0.15, 0.2) is 0 Å². The first-order valence-electron chi connectivity index (χ1n) is 5.33. The van der Waals surface area contributed by atoms with Crippen LogP contribution in [0.5, 0.6) is 0 Å². The average Bonchev–Trinajstić information content (AvgIpc) is 2.78. The summed E-state index contributed by atoms with van der Waals surface area (Å²) in [7, 11) is 0. The zero-order valence-corrected chi connectivity index (χ0v) is 9.05. The second-order valence-electron chi connectivity index (χ2n) is 4.59. The molecule has 0 aromatic rings. The van der Waals surface area contributed by atoms with Crippen molar-refractivity contribution in [3.8, 4) is 0 Å². The third-order valence-corrected chi connectivity index (χ3v) is 2.48. The molecule has 0 aliphatic heterocycles. The first-order chi connectivity index (χ1) is 6.09. The molecule has 0 radical (unpaired) electrons. The fraction of sp³-hybridized carbons (Fsp3) is 0.909. The Hall–Kier alpha value is -0.370. The highest BCUT2D eigenvalue weighted by molar-refractivity contribution is 5.77. The van der Waals surface area contributed by atoms with Crippen LogP contribution in [0.3, 0.4) is 0 Å². The van der Waals surface area contributed by atoms with Gasteiger partial charge in [-0.1, -0.05) is 13.8 Å². The maximum atomic E-state index is 11.0. The summed E-state index contributed by atoms with van der Waals surface area (Å²) in [6, 6.07) is 0.725. The molecule has 0 amide bonds. The summed E-state index contributed by atoms with van der Waals surface area (Å²) < 4.78 is 0. The maximum absolute atomic E-state index is 11.0. The molecule has 1 fully saturated rings. The van der Waals surface area contributed by atoms with Crippen molar-refractivity contribution in [2.24, 2.45) is 5.92 Å². The summed E-state index contributed by atoms with van der Waals surface area (Å²) in [4.78, 5) is 13.3. The van der Waals surface area contributed by atoms with E-state index in [9.17, 15) is 4.79 Å². The number of hydrogen-bond donors (Lipinski definition) is 0. The maximum Gasteiger partial charge on any atom is 0.143 e. The van der Waals surface area contributed by atoms with Crippen LogP contribution >= 0.6 is 0 Å². The van der Waals surface area contributed by atoms with Crippen LogP contribution in [0.15, 0.2) is 0 Å². The topological polar surface area (TPSA) is 20.3 Å². The molecule has 0 N–H and O–H groups in total. The molecule has 0 spiro atoms. The van der Waals surface area contributed by atoms with Crippen molar-refractivity contribution in [3.63, 3.8) is 0 Å². The van der Waals surface area contributed by atoms with Crippen molar-refractivity contribution in [2.75, 3.05) is 13.1 Å². The molecule has 0 heterocycles. The standard InChI is InChI=1S/C11H21NO/c1-9(2)6-7-12(8-10(3)13)11-4-5-11/h9,11H,4-8H2,1-3H3. The van der Waals surface area contributed by atoms with Crippen LogP contribution in [0.1, 0.15) is 40.0 Å². The van der Waals surface area contributed by atoms with Gasteiger partial charge in [0, 0.05) is 6.04 Å². The fourth-order valence-corrected chi connectivity index (χ4v) is 1.54. The molecule has 1 saturated carbocycles. The molecule has 76 valence electrons. The van der Waals surface area contributed by atoms with Crippen LogP contribution in [-0.2, 0) is 4.79 Å². The van der Waals surface area contributed by atoms with Gasteiger partial charge < -0.3 is 0 Å². The van der Waals surface area contributed by atoms with Gasteiger partial charge in [0.05, 0.1) is 6.54 Å². The fourth-order valence-electron chi connectivity index (χ4n) is 1.54. The Kier molecular flexibility index (Phi) is 3.91. The number of rotatable bonds is 6. The number of carbonyl (C=O) groups is 1. The summed E-state index contributed by atoms with van der Waals surface area (Å²) >= 11 is 0. The van der Waals surface area contributed by atoms with E-state index in [1.807, 2.05) is 0 Å². The Balaban J connectivity index is 2.25. The third-order valence-electron chi connectivity index (χ3n) is 2.48. The number of Topliss-reactive ketones (excluding diaryl/α,β-unsaturated/α-hetero) is 1. The van der Waals surface area contributed by atoms with Crippen LogP contribution in [-0.4, -0.2) is 29.8 Å². The quantitative estimate of drug-likeness (QED) is 0.628. The van der Waals surface area contributed by atoms with Gasteiger partial charge in [-0.25, -0.2) is 0 Å². The molecule has 0 bridgehead atoms. The highest BCUT2D eigenvalue weighted by Gasteiger charge is 2.29. The summed E-state index contributed by atoms with van der Waals surface area (Å²) in [6.07, 6.45) is 3.81. The Labute approximate surface area is 81.3 Å². The second kappa shape index (κ2) is 4.75. The SMILES string of the molecule is CC(=O)CN(CCC(C)C)C1CC1. The predicted molar refractivity (Wildman–Crippen MR) is 54.7 cm³/mol. The highest BCUT2D eigenvalue weighted by atomic mass is 16.1. The summed E-state index contributed by atoms with van der Waals surface area (Å²) in [5.74, 6) is 1.05. The van der Waals surface area contributed by atoms with Crippen LogP contribution in [0.25, 0.3) is 0 Å². The van der Waals surface area contributed by atoms with Crippen LogP contribution in [0.4, 0.5) is 0 Å². The molecule has 13 heavy (non-hydrogen) atoms. The molecule has 0 unspecified atom stereocenters. The van der Waals surface area contributed by atoms with Crippen molar-refractivity contribution in [1.29, 1.82) is 0 Å². The molecule has 2 nitrogen and oxygen atoms in total. The minimum Gasteiger partial charge on any atom is -0.299 e. The lowest BCUT2D eigenvalue weighted by atomic mass is 10.1. The van der Waals surface area contributed by atoms with Gasteiger partial charge in [0.1, 0.15) is 5.78 Å². The van der Waals surface area contributed by atoms with E-state index in [-0.39, 0.29) is 0 Å². The monoisotopic (exact) mass is 183 g/mol. The van der Waals surface area contributed by atoms with Crippen molar-refractivity contribution in [2.45, 2.75) is 46.1 Å². The zero-order chi connectivity index (χ0) is 9.84. The van der Waals surface area contributed by atoms with E-state index in [0.717, 1.165) is 18.5 Å². The van der Waals surface area contributed by atoms with Gasteiger partial charge >= 0.3 is 0 Å². The zero-order valence-electron chi connectivity index (χ0n) is 9.05. The van der Waals surface area contributed by atoms with E-state index in [0.29, 0.717) is 12.3 Å². The Morgan fingerprint density at radius 1 is 1.46 bits per heavy atom. The lowest BCUT2D eigenvalue weighted by Gasteiger charge is -2.21. The van der Waals surface area contributed by atoms with Crippen LogP contribution < -0.4 is 0 Å². The largest absolute Gasteiger partial charge is 0.299 e. The molecule has 0 atom stereocenters. The van der Waals surface area contributed by atoms with Crippen molar-refractivity contribution in [3.05, 3.63) is 0 Å². The van der Waals surface area contributed by atoms with E-state index in [1.54, 1.807) is 6.92 Å². The molecule has 0 saturated heterocycles. The van der Waals surface area contributed by atoms with Gasteiger partial charge in [-0.05, 0) is 38.6 Å². The molecule has 1 aliphatic carbocycles. The van der Waals surface area contributed by atoms with Crippen LogP contribution in [0.2, 0.25) is 0 Å². The van der Waals surface area contributed by atoms with E-state index < -0.39 is 0 Å². The summed E-state index contributed by atoms with van der Waals surface area (Å²) in [6.45, 7) is 7.92. The molecule has 1 rings (SSSR count). The molecule has 0 aromatic carbocycles. The number of nitrogens with zero attached hydrogens (tertiary/aromatic N) is 1. The molecule has 2 heteroatoms. The van der Waals surface area contributed by atoms with Crippen molar-refractivity contribution < 1.29 is 4.79 Å². The summed E-state index contributed by atoms with van der Waals surface area (Å²) in [5, 5.41) is 0. The molecule has 0 aromatic heterocycles. The minimum absolute atomic E-state index is 0.302. The Bertz CT molecular complexity index is 173. The van der Waals surface area contributed by atoms with Gasteiger partial charge in [-0.2, -0.15) is 0 Å². The summed E-state index contributed by atoms with van der Waals surface area (Å²) in [5.41, 5.74) is 0. The van der Waals surface area contributed by atoms with Gasteiger partial charge in [-0.3, -0.25) is 9.69 Å². The minimum atomic E-state index is 0.302. The highest BCUT2D eigenvalue weighted by Crippen LogP contribution is 2.27. The molecule has 1 aliphatic rings. The van der Waals surface area contributed by atoms with Crippen molar-refractivity contribution >= 4 is 5.78 Å². The first-order valence-corrected chi connectivity index (χ1v) is 5.33. The third kappa shape index (κ3) is 4.41. The number of hydrogen-bond acceptors (Lipinski definition) is 2. The van der Waals surface area contributed by atoms with E-state index in [1.165, 1.54) is 19.3 Å². The molecular formula is C11H21NO. The molecular weight excluding hydrogens is 162 g/mol. The van der Waals surface area contributed by atoms with Crippen LogP contribution in [0, 0.1) is 5.92 Å². The van der Waals surface area contributed by atoms with E-state index in [2.05, 4.69) is 18.7 Å². The van der Waals surface area contributed by atoms with Gasteiger partial charge in [-0.15, -0.1) is 0 Å². The lowest BCUT2D eigenvalue weighted by Crippen LogP contribution is -2.32. The normalized spacial score (nSPS) is 17.0. The van der Waals surface area contributed by atoms with Gasteiger partial charge in [0.2, 0.25) is 0 Å². The Morgan fingerprint density at radius 2 is 2.08 bits per heavy atom. The second-order valence-corrected chi connectivity index (χ2v) is 4.59. The lowest BCUT2D eigenvalue weighted by molar-refractivity contribution is -0.118. The van der Waals surface area contributed by atoms with Crippen molar-refractivity contribution in [1.82, 2.24) is 4.90 Å². The predicted octanol–water partition coefficient (Wildman–Crippen LogP) is 2.09. The smallest absolute Gasteiger partial charge is 0.143 e. The number of carbonyl (C=O) groups excluding carboxylic acids is 1. The van der Waals surface area contributed by atoms with E-state index >= 15 is 0 Å². The first kappa shape index (κ1) is 10.7. The van der Waals surface area contributed by atoms with E-state index in [4.69, 9.17) is 0 Å². The average molecular weight is 183 g/mol. The number of ketones is 1.